The van der Waals surface area contributed by atoms with E-state index in [0.29, 0.717) is 55.5 Å². The summed E-state index contributed by atoms with van der Waals surface area (Å²) in [6.07, 6.45) is 0. The van der Waals surface area contributed by atoms with Crippen LogP contribution in [0.2, 0.25) is 0 Å². The minimum atomic E-state index is -0.697. The van der Waals surface area contributed by atoms with Gasteiger partial charge in [0.15, 0.2) is 11.5 Å². The summed E-state index contributed by atoms with van der Waals surface area (Å²) in [6, 6.07) is 2.41. The van der Waals surface area contributed by atoms with Crippen LogP contribution in [0.25, 0.3) is 0 Å². The van der Waals surface area contributed by atoms with E-state index in [1.54, 1.807) is 17.0 Å². The van der Waals surface area contributed by atoms with Gasteiger partial charge in [-0.05, 0) is 38.8 Å². The predicted octanol–water partition coefficient (Wildman–Crippen LogP) is 1.53. The summed E-state index contributed by atoms with van der Waals surface area (Å²) in [5.41, 5.74) is 0.0165. The van der Waals surface area contributed by atoms with E-state index < -0.39 is 11.9 Å². The maximum atomic E-state index is 13.3. The molecule has 0 spiro atoms. The number of amides is 3. The summed E-state index contributed by atoms with van der Waals surface area (Å²) in [6.45, 7) is 12.1. The predicted molar refractivity (Wildman–Crippen MR) is 133 cm³/mol. The van der Waals surface area contributed by atoms with Gasteiger partial charge in [0.25, 0.3) is 5.91 Å². The van der Waals surface area contributed by atoms with Crippen LogP contribution in [0.5, 0.6) is 17.2 Å². The molecule has 35 heavy (non-hydrogen) atoms. The van der Waals surface area contributed by atoms with E-state index in [1.807, 2.05) is 39.5 Å². The van der Waals surface area contributed by atoms with Crippen molar-refractivity contribution in [3.63, 3.8) is 0 Å². The quantitative estimate of drug-likeness (QED) is 0.538. The fourth-order valence-corrected chi connectivity index (χ4v) is 3.93. The second kappa shape index (κ2) is 12.1. The van der Waals surface area contributed by atoms with Crippen molar-refractivity contribution >= 4 is 17.7 Å². The molecule has 10 nitrogen and oxygen atoms in total. The molecule has 1 saturated heterocycles. The highest BCUT2D eigenvalue weighted by molar-refractivity contribution is 5.98. The number of carbonyl (C=O) groups excluding carboxylic acids is 3. The van der Waals surface area contributed by atoms with Crippen molar-refractivity contribution in [3.05, 3.63) is 17.7 Å². The molecule has 2 rings (SSSR count). The number of carbonyl (C=O) groups is 3. The van der Waals surface area contributed by atoms with Crippen LogP contribution in [0.4, 0.5) is 0 Å². The second-order valence-corrected chi connectivity index (χ2v) is 10.0. The third-order valence-corrected chi connectivity index (χ3v) is 5.71. The first kappa shape index (κ1) is 28.2. The fraction of sp³-hybridized carbons (Fsp3) is 0.640. The van der Waals surface area contributed by atoms with Crippen molar-refractivity contribution in [1.29, 1.82) is 0 Å². The lowest BCUT2D eigenvalue weighted by atomic mass is 10.0. The van der Waals surface area contributed by atoms with Crippen LogP contribution >= 0.6 is 0 Å². The van der Waals surface area contributed by atoms with Crippen molar-refractivity contribution in [2.75, 3.05) is 54.1 Å². The number of hydrogen-bond donors (Lipinski definition) is 2. The lowest BCUT2D eigenvalue weighted by Gasteiger charge is -2.37. The minimum absolute atomic E-state index is 0.0325. The standard InChI is InChI=1S/C25H40N4O6/c1-16(2)21(26-23(31)17-13-18(33-6)22(35-8)19(14-17)34-7)24(32)29-11-9-28(10-12-29)15-20(30)27-25(3,4)5/h13-14,16,21H,9-12,15H2,1-8H3,(H,26,31)(H,27,30)/t21-/m0/s1. The van der Waals surface area contributed by atoms with Gasteiger partial charge < -0.3 is 29.7 Å². The second-order valence-electron chi connectivity index (χ2n) is 10.0. The molecule has 196 valence electrons. The number of methoxy groups -OCH3 is 3. The Morgan fingerprint density at radius 1 is 0.943 bits per heavy atom. The van der Waals surface area contributed by atoms with Crippen molar-refractivity contribution < 1.29 is 28.6 Å². The molecular weight excluding hydrogens is 452 g/mol. The largest absolute Gasteiger partial charge is 0.493 e. The van der Waals surface area contributed by atoms with Crippen molar-refractivity contribution in [2.45, 2.75) is 46.2 Å². The molecule has 1 fully saturated rings. The zero-order chi connectivity index (χ0) is 26.3. The molecule has 3 amide bonds. The monoisotopic (exact) mass is 492 g/mol. The summed E-state index contributed by atoms with van der Waals surface area (Å²) < 4.78 is 16.0. The van der Waals surface area contributed by atoms with E-state index in [2.05, 4.69) is 10.6 Å². The zero-order valence-corrected chi connectivity index (χ0v) is 22.2. The highest BCUT2D eigenvalue weighted by atomic mass is 16.5. The third-order valence-electron chi connectivity index (χ3n) is 5.71. The van der Waals surface area contributed by atoms with E-state index in [1.165, 1.54) is 21.3 Å². The van der Waals surface area contributed by atoms with Gasteiger partial charge in [-0.15, -0.1) is 0 Å². The highest BCUT2D eigenvalue weighted by Crippen LogP contribution is 2.38. The van der Waals surface area contributed by atoms with Crippen LogP contribution in [0, 0.1) is 5.92 Å². The van der Waals surface area contributed by atoms with Crippen LogP contribution in [-0.2, 0) is 9.59 Å². The van der Waals surface area contributed by atoms with Crippen LogP contribution in [-0.4, -0.2) is 93.2 Å². The smallest absolute Gasteiger partial charge is 0.252 e. The number of nitrogens with zero attached hydrogens (tertiary/aromatic N) is 2. The van der Waals surface area contributed by atoms with Gasteiger partial charge in [-0.2, -0.15) is 0 Å². The summed E-state index contributed by atoms with van der Waals surface area (Å²) in [5.74, 6) is 0.400. The lowest BCUT2D eigenvalue weighted by Crippen LogP contribution is -2.57. The Morgan fingerprint density at radius 2 is 1.49 bits per heavy atom. The first-order valence-corrected chi connectivity index (χ1v) is 11.8. The molecule has 0 aromatic heterocycles. The summed E-state index contributed by atoms with van der Waals surface area (Å²) in [4.78, 5) is 42.4. The number of ether oxygens (including phenoxy) is 3. The molecule has 0 bridgehead atoms. The SMILES string of the molecule is COc1cc(C(=O)N[C@H](C(=O)N2CCN(CC(=O)NC(C)(C)C)CC2)C(C)C)cc(OC)c1OC. The molecule has 0 unspecified atom stereocenters. The molecule has 1 aromatic carbocycles. The summed E-state index contributed by atoms with van der Waals surface area (Å²) in [5, 5.41) is 5.84. The Kier molecular flexibility index (Phi) is 9.76. The van der Waals surface area contributed by atoms with Crippen LogP contribution < -0.4 is 24.8 Å². The minimum Gasteiger partial charge on any atom is -0.493 e. The Bertz CT molecular complexity index is 879. The molecule has 0 aliphatic carbocycles. The van der Waals surface area contributed by atoms with Gasteiger partial charge in [-0.25, -0.2) is 0 Å². The molecule has 0 radical (unpaired) electrons. The Labute approximate surface area is 208 Å². The fourth-order valence-electron chi connectivity index (χ4n) is 3.93. The average molecular weight is 493 g/mol. The lowest BCUT2D eigenvalue weighted by molar-refractivity contribution is -0.136. The van der Waals surface area contributed by atoms with Gasteiger partial charge in [0, 0.05) is 37.3 Å². The van der Waals surface area contributed by atoms with Gasteiger partial charge in [0.1, 0.15) is 6.04 Å². The van der Waals surface area contributed by atoms with Crippen molar-refractivity contribution in [1.82, 2.24) is 20.4 Å². The molecule has 1 heterocycles. The molecule has 10 heteroatoms. The number of hydrogen-bond acceptors (Lipinski definition) is 7. The molecule has 0 saturated carbocycles. The van der Waals surface area contributed by atoms with Gasteiger partial charge in [-0.3, -0.25) is 19.3 Å². The van der Waals surface area contributed by atoms with E-state index >= 15 is 0 Å². The highest BCUT2D eigenvalue weighted by Gasteiger charge is 2.32. The normalized spacial score (nSPS) is 15.4. The van der Waals surface area contributed by atoms with Gasteiger partial charge in [0.05, 0.1) is 27.9 Å². The molecule has 1 atom stereocenters. The average Bonchev–Trinajstić information content (AvgIpc) is 2.79. The number of nitrogens with one attached hydrogen (secondary N) is 2. The third kappa shape index (κ3) is 7.74. The van der Waals surface area contributed by atoms with Gasteiger partial charge in [0.2, 0.25) is 17.6 Å². The van der Waals surface area contributed by atoms with Gasteiger partial charge in [-0.1, -0.05) is 13.8 Å². The van der Waals surface area contributed by atoms with Crippen molar-refractivity contribution in [3.8, 4) is 17.2 Å². The van der Waals surface area contributed by atoms with Crippen molar-refractivity contribution in [2.24, 2.45) is 5.92 Å². The van der Waals surface area contributed by atoms with Gasteiger partial charge >= 0.3 is 0 Å². The van der Waals surface area contributed by atoms with Crippen LogP contribution in [0.15, 0.2) is 12.1 Å². The zero-order valence-electron chi connectivity index (χ0n) is 22.2. The topological polar surface area (TPSA) is 109 Å². The van der Waals surface area contributed by atoms with E-state index in [9.17, 15) is 14.4 Å². The number of piperazine rings is 1. The molecule has 1 aromatic rings. The maximum absolute atomic E-state index is 13.3. The first-order valence-electron chi connectivity index (χ1n) is 11.8. The Morgan fingerprint density at radius 3 is 1.91 bits per heavy atom. The first-order chi connectivity index (χ1) is 16.4. The molecular formula is C25H40N4O6. The molecule has 1 aliphatic heterocycles. The Balaban J connectivity index is 2.05. The maximum Gasteiger partial charge on any atom is 0.252 e. The molecule has 2 N–H and O–H groups in total. The summed E-state index contributed by atoms with van der Waals surface area (Å²) >= 11 is 0. The Hall–Kier alpha value is -3.01. The summed E-state index contributed by atoms with van der Waals surface area (Å²) in [7, 11) is 4.45. The van der Waals surface area contributed by atoms with Crippen LogP contribution in [0.3, 0.4) is 0 Å². The van der Waals surface area contributed by atoms with E-state index in [-0.39, 0.29) is 23.3 Å². The number of benzene rings is 1. The van der Waals surface area contributed by atoms with Crippen LogP contribution in [0.1, 0.15) is 45.0 Å². The number of rotatable bonds is 9. The molecule has 1 aliphatic rings. The van der Waals surface area contributed by atoms with E-state index in [4.69, 9.17) is 14.2 Å². The van der Waals surface area contributed by atoms with E-state index in [0.717, 1.165) is 0 Å².